The van der Waals surface area contributed by atoms with Gasteiger partial charge in [-0.25, -0.2) is 9.97 Å². The summed E-state index contributed by atoms with van der Waals surface area (Å²) in [4.78, 5) is 26.8. The molecular weight excluding hydrogens is 514 g/mol. The Bertz CT molecular complexity index is 1470. The average molecular weight is 556 g/mol. The Kier molecular flexibility index (Phi) is 9.62. The van der Waals surface area contributed by atoms with Crippen LogP contribution in [0.3, 0.4) is 0 Å². The Morgan fingerprint density at radius 1 is 1.00 bits per heavy atom. The number of anilines is 4. The van der Waals surface area contributed by atoms with Gasteiger partial charge in [-0.05, 0) is 62.3 Å². The highest BCUT2D eigenvalue weighted by molar-refractivity contribution is 6.05. The Hall–Kier alpha value is -4.37. The van der Waals surface area contributed by atoms with Crippen LogP contribution in [0, 0.1) is 0 Å². The van der Waals surface area contributed by atoms with Gasteiger partial charge in [0.05, 0.1) is 29.7 Å². The van der Waals surface area contributed by atoms with Crippen molar-refractivity contribution >= 4 is 28.9 Å². The minimum atomic E-state index is -0.143. The number of carbonyl (C=O) groups is 1. The summed E-state index contributed by atoms with van der Waals surface area (Å²) in [6.07, 6.45) is 5.23. The van der Waals surface area contributed by atoms with Gasteiger partial charge >= 0.3 is 0 Å². The van der Waals surface area contributed by atoms with Crippen molar-refractivity contribution in [1.82, 2.24) is 19.4 Å². The fraction of sp³-hybridized carbons (Fsp3) is 0.344. The first-order valence-corrected chi connectivity index (χ1v) is 14.0. The van der Waals surface area contributed by atoms with Crippen LogP contribution in [0.1, 0.15) is 35.3 Å². The number of carbonyl (C=O) groups excluding carboxylic acids is 1. The molecule has 216 valence electrons. The summed E-state index contributed by atoms with van der Waals surface area (Å²) in [6, 6.07) is 15.9. The van der Waals surface area contributed by atoms with E-state index in [1.165, 1.54) is 0 Å². The minimum absolute atomic E-state index is 0.143. The molecule has 2 aromatic heterocycles. The van der Waals surface area contributed by atoms with E-state index in [2.05, 4.69) is 72.5 Å². The number of rotatable bonds is 12. The lowest BCUT2D eigenvalue weighted by Crippen LogP contribution is -2.28. The molecule has 0 bridgehead atoms. The molecule has 0 radical (unpaired) electrons. The number of aromatic nitrogens is 3. The summed E-state index contributed by atoms with van der Waals surface area (Å²) in [5.74, 6) is 0.992. The van der Waals surface area contributed by atoms with Crippen molar-refractivity contribution in [3.8, 4) is 17.1 Å². The number of hydrogen-bond acceptors (Lipinski definition) is 7. The van der Waals surface area contributed by atoms with Crippen LogP contribution in [0.15, 0.2) is 60.9 Å². The molecular formula is C32H41N7O2. The Balaban J connectivity index is 1.54. The van der Waals surface area contributed by atoms with E-state index in [0.717, 1.165) is 59.8 Å². The summed E-state index contributed by atoms with van der Waals surface area (Å²) in [7, 11) is 9.76. The van der Waals surface area contributed by atoms with Gasteiger partial charge in [-0.3, -0.25) is 4.79 Å². The summed E-state index contributed by atoms with van der Waals surface area (Å²) < 4.78 is 7.58. The average Bonchev–Trinajstić information content (AvgIpc) is 3.37. The second-order valence-corrected chi connectivity index (χ2v) is 10.3. The largest absolute Gasteiger partial charge is 0.494 e. The van der Waals surface area contributed by atoms with E-state index in [9.17, 15) is 4.79 Å². The third-order valence-corrected chi connectivity index (χ3v) is 7.18. The topological polar surface area (TPSA) is 87.6 Å². The van der Waals surface area contributed by atoms with Gasteiger partial charge in [0, 0.05) is 57.0 Å². The van der Waals surface area contributed by atoms with Crippen LogP contribution in [0.5, 0.6) is 5.75 Å². The lowest BCUT2D eigenvalue weighted by molar-refractivity contribution is 0.102. The molecule has 0 saturated heterocycles. The highest BCUT2D eigenvalue weighted by atomic mass is 16.5. The summed E-state index contributed by atoms with van der Waals surface area (Å²) in [6.45, 7) is 6.05. The molecule has 0 unspecified atom stereocenters. The van der Waals surface area contributed by atoms with E-state index >= 15 is 0 Å². The number of aryl methyl sites for hydroxylation is 3. The molecule has 0 aliphatic rings. The van der Waals surface area contributed by atoms with Gasteiger partial charge in [0.15, 0.2) is 0 Å². The summed E-state index contributed by atoms with van der Waals surface area (Å²) in [5, 5.41) is 6.45. The molecule has 2 N–H and O–H groups in total. The van der Waals surface area contributed by atoms with Gasteiger partial charge in [-0.1, -0.05) is 32.0 Å². The maximum absolute atomic E-state index is 13.3. The normalized spacial score (nSPS) is 11.0. The van der Waals surface area contributed by atoms with Crippen molar-refractivity contribution in [3.05, 3.63) is 77.6 Å². The van der Waals surface area contributed by atoms with Crippen LogP contribution in [-0.2, 0) is 19.9 Å². The zero-order valence-electron chi connectivity index (χ0n) is 25.2. The Morgan fingerprint density at radius 2 is 1.73 bits per heavy atom. The van der Waals surface area contributed by atoms with Crippen LogP contribution < -0.4 is 20.3 Å². The first kappa shape index (κ1) is 29.6. The predicted octanol–water partition coefficient (Wildman–Crippen LogP) is 5.61. The monoisotopic (exact) mass is 555 g/mol. The Morgan fingerprint density at radius 3 is 2.39 bits per heavy atom. The molecule has 0 fully saturated rings. The van der Waals surface area contributed by atoms with Crippen molar-refractivity contribution in [1.29, 1.82) is 0 Å². The smallest absolute Gasteiger partial charge is 0.257 e. The van der Waals surface area contributed by atoms with Crippen molar-refractivity contribution < 1.29 is 9.53 Å². The molecule has 4 aromatic rings. The molecule has 0 saturated carbocycles. The number of likely N-dealkylation sites (N-methyl/N-ethyl adjacent to an activating group) is 2. The summed E-state index contributed by atoms with van der Waals surface area (Å²) >= 11 is 0. The molecule has 0 aliphatic carbocycles. The van der Waals surface area contributed by atoms with E-state index in [4.69, 9.17) is 9.72 Å². The van der Waals surface area contributed by atoms with Gasteiger partial charge < -0.3 is 29.7 Å². The molecule has 0 spiro atoms. The van der Waals surface area contributed by atoms with Crippen LogP contribution in [0.4, 0.5) is 23.0 Å². The number of hydrogen-bond donors (Lipinski definition) is 2. The number of nitrogens with one attached hydrogen (secondary N) is 2. The zero-order valence-corrected chi connectivity index (χ0v) is 25.2. The molecule has 9 heteroatoms. The third kappa shape index (κ3) is 7.05. The highest BCUT2D eigenvalue weighted by Gasteiger charge is 2.17. The van der Waals surface area contributed by atoms with Crippen molar-refractivity contribution in [3.63, 3.8) is 0 Å². The third-order valence-electron chi connectivity index (χ3n) is 7.18. The first-order chi connectivity index (χ1) is 19.7. The quantitative estimate of drug-likeness (QED) is 0.235. The standard InChI is InChI=1S/C32H41N7O2/c1-8-22-11-10-12-23(9-2)30(22)36-31(40)24-19-28(39(6)21-24)26-15-16-33-32(34-26)35-27-14-13-25(20-29(27)41-7)38(5)18-17-37(3)4/h10-16,19-21H,8-9,17-18H2,1-7H3,(H,36,40)(H,33,34,35). The molecule has 0 atom stereocenters. The molecule has 2 heterocycles. The van der Waals surface area contributed by atoms with Crippen LogP contribution >= 0.6 is 0 Å². The van der Waals surface area contributed by atoms with E-state index in [1.54, 1.807) is 13.3 Å². The number of para-hydroxylation sites is 1. The van der Waals surface area contributed by atoms with E-state index < -0.39 is 0 Å². The van der Waals surface area contributed by atoms with Gasteiger partial charge in [0.25, 0.3) is 5.91 Å². The van der Waals surface area contributed by atoms with E-state index in [1.807, 2.05) is 54.2 Å². The second-order valence-electron chi connectivity index (χ2n) is 10.3. The minimum Gasteiger partial charge on any atom is -0.494 e. The number of nitrogens with zero attached hydrogens (tertiary/aromatic N) is 5. The molecule has 0 aliphatic heterocycles. The maximum Gasteiger partial charge on any atom is 0.257 e. The fourth-order valence-corrected chi connectivity index (χ4v) is 4.71. The van der Waals surface area contributed by atoms with Gasteiger partial charge in [-0.2, -0.15) is 0 Å². The molecule has 4 rings (SSSR count). The van der Waals surface area contributed by atoms with Gasteiger partial charge in [-0.15, -0.1) is 0 Å². The van der Waals surface area contributed by atoms with Crippen molar-refractivity contribution in [2.75, 3.05) is 56.9 Å². The van der Waals surface area contributed by atoms with Gasteiger partial charge in [0.2, 0.25) is 5.95 Å². The lowest BCUT2D eigenvalue weighted by atomic mass is 10.0. The Labute approximate surface area is 243 Å². The molecule has 41 heavy (non-hydrogen) atoms. The maximum atomic E-state index is 13.3. The van der Waals surface area contributed by atoms with Crippen molar-refractivity contribution in [2.24, 2.45) is 7.05 Å². The zero-order chi connectivity index (χ0) is 29.5. The first-order valence-electron chi connectivity index (χ1n) is 14.0. The van der Waals surface area contributed by atoms with Gasteiger partial charge in [0.1, 0.15) is 5.75 Å². The van der Waals surface area contributed by atoms with E-state index in [-0.39, 0.29) is 5.91 Å². The van der Waals surface area contributed by atoms with Crippen LogP contribution in [-0.4, -0.2) is 66.7 Å². The molecule has 2 aromatic carbocycles. The number of benzene rings is 2. The van der Waals surface area contributed by atoms with Crippen molar-refractivity contribution in [2.45, 2.75) is 26.7 Å². The van der Waals surface area contributed by atoms with Crippen LogP contribution in [0.2, 0.25) is 0 Å². The number of ether oxygens (including phenoxy) is 1. The van der Waals surface area contributed by atoms with E-state index in [0.29, 0.717) is 23.0 Å². The fourth-order valence-electron chi connectivity index (χ4n) is 4.71. The second kappa shape index (κ2) is 13.3. The molecule has 9 nitrogen and oxygen atoms in total. The van der Waals surface area contributed by atoms with Crippen LogP contribution in [0.25, 0.3) is 11.4 Å². The predicted molar refractivity (Wildman–Crippen MR) is 168 cm³/mol. The SMILES string of the molecule is CCc1cccc(CC)c1NC(=O)c1cc(-c2ccnc(Nc3ccc(N(C)CCN(C)C)cc3OC)n2)n(C)c1. The number of amides is 1. The highest BCUT2D eigenvalue weighted by Crippen LogP contribution is 2.32. The molecule has 1 amide bonds. The number of methoxy groups -OCH3 is 1. The lowest BCUT2D eigenvalue weighted by Gasteiger charge is -2.22. The summed E-state index contributed by atoms with van der Waals surface area (Å²) in [5.41, 5.74) is 7.07.